The van der Waals surface area contributed by atoms with Gasteiger partial charge in [-0.25, -0.2) is 0 Å². The molecule has 0 amide bonds. The van der Waals surface area contributed by atoms with Gasteiger partial charge in [-0.1, -0.05) is 54.0 Å². The Labute approximate surface area is 88.7 Å². The molecular formula is C14H22. The van der Waals surface area contributed by atoms with Crippen molar-refractivity contribution in [3.63, 3.8) is 0 Å². The van der Waals surface area contributed by atoms with Gasteiger partial charge >= 0.3 is 0 Å². The Hall–Kier alpha value is -1.04. The highest BCUT2D eigenvalue weighted by Crippen LogP contribution is 2.07. The maximum absolute atomic E-state index is 2.21. The monoisotopic (exact) mass is 190 g/mol. The minimum absolute atomic E-state index is 1.10. The first-order chi connectivity index (χ1) is 6.60. The van der Waals surface area contributed by atoms with Gasteiger partial charge in [-0.15, -0.1) is 0 Å². The van der Waals surface area contributed by atoms with Gasteiger partial charge in [0.1, 0.15) is 0 Å². The molecule has 0 saturated carbocycles. The summed E-state index contributed by atoms with van der Waals surface area (Å²) < 4.78 is 0. The third kappa shape index (κ3) is 6.47. The van der Waals surface area contributed by atoms with Crippen molar-refractivity contribution in [1.29, 1.82) is 0 Å². The summed E-state index contributed by atoms with van der Waals surface area (Å²) in [7, 11) is 0. The quantitative estimate of drug-likeness (QED) is 0.558. The summed E-state index contributed by atoms with van der Waals surface area (Å²) in [6, 6.07) is 0. The molecule has 0 spiro atoms. The Kier molecular flexibility index (Phi) is 6.82. The van der Waals surface area contributed by atoms with Crippen LogP contribution in [0.15, 0.2) is 47.1 Å². The highest BCUT2D eigenvalue weighted by molar-refractivity contribution is 5.32. The van der Waals surface area contributed by atoms with Crippen molar-refractivity contribution in [2.24, 2.45) is 0 Å². The van der Waals surface area contributed by atoms with E-state index in [4.69, 9.17) is 0 Å². The predicted octanol–water partition coefficient (Wildman–Crippen LogP) is 4.81. The first kappa shape index (κ1) is 13.0. The first-order valence-electron chi connectivity index (χ1n) is 5.26. The van der Waals surface area contributed by atoms with Gasteiger partial charge in [0.05, 0.1) is 0 Å². The smallest absolute Gasteiger partial charge is 0.0376 e. The Morgan fingerprint density at radius 2 is 1.50 bits per heavy atom. The summed E-state index contributed by atoms with van der Waals surface area (Å²) in [4.78, 5) is 0. The molecule has 0 fully saturated rings. The Bertz CT molecular complexity index is 272. The van der Waals surface area contributed by atoms with Gasteiger partial charge in [0.15, 0.2) is 0 Å². The molecule has 0 nitrogen and oxygen atoms in total. The van der Waals surface area contributed by atoms with E-state index in [0.29, 0.717) is 0 Å². The summed E-state index contributed by atoms with van der Waals surface area (Å²) in [5.41, 5.74) is 3.93. The zero-order valence-electron chi connectivity index (χ0n) is 10.1. The van der Waals surface area contributed by atoms with Crippen LogP contribution >= 0.6 is 0 Å². The van der Waals surface area contributed by atoms with Crippen molar-refractivity contribution in [2.45, 2.75) is 41.0 Å². The molecule has 0 heteroatoms. The van der Waals surface area contributed by atoms with E-state index in [1.807, 2.05) is 0 Å². The zero-order valence-corrected chi connectivity index (χ0v) is 10.1. The molecule has 0 radical (unpaired) electrons. The molecule has 0 bridgehead atoms. The highest BCUT2D eigenvalue weighted by Gasteiger charge is 1.86. The van der Waals surface area contributed by atoms with E-state index in [1.165, 1.54) is 16.7 Å². The molecule has 0 N–H and O–H groups in total. The minimum Gasteiger partial charge on any atom is -0.0847 e. The standard InChI is InChI=1S/C14H22/c1-6-8-9-13(4)11-14(5)10-12(3)7-2/h7-11H,6H2,1-5H3/b9-8-,12-7+,13-11-,14-10-. The second-order valence-electron chi connectivity index (χ2n) is 3.62. The fraction of sp³-hybridized carbons (Fsp3) is 0.429. The second kappa shape index (κ2) is 7.37. The van der Waals surface area contributed by atoms with Crippen LogP contribution in [0.5, 0.6) is 0 Å². The molecule has 14 heavy (non-hydrogen) atoms. The van der Waals surface area contributed by atoms with E-state index >= 15 is 0 Å². The van der Waals surface area contributed by atoms with E-state index in [2.05, 4.69) is 65.0 Å². The molecule has 0 aromatic carbocycles. The van der Waals surface area contributed by atoms with Crippen molar-refractivity contribution in [3.8, 4) is 0 Å². The van der Waals surface area contributed by atoms with E-state index in [1.54, 1.807) is 0 Å². The van der Waals surface area contributed by atoms with Crippen LogP contribution in [0.2, 0.25) is 0 Å². The van der Waals surface area contributed by atoms with Gasteiger partial charge in [-0.2, -0.15) is 0 Å². The van der Waals surface area contributed by atoms with E-state index in [0.717, 1.165) is 6.42 Å². The molecule has 0 heterocycles. The van der Waals surface area contributed by atoms with Crippen LogP contribution in [0.25, 0.3) is 0 Å². The molecule has 0 rings (SSSR count). The summed E-state index contributed by atoms with van der Waals surface area (Å²) in [5.74, 6) is 0. The van der Waals surface area contributed by atoms with Gasteiger partial charge < -0.3 is 0 Å². The van der Waals surface area contributed by atoms with Crippen molar-refractivity contribution in [1.82, 2.24) is 0 Å². The topological polar surface area (TPSA) is 0 Å². The Morgan fingerprint density at radius 3 is 2.00 bits per heavy atom. The molecule has 0 saturated heterocycles. The average molecular weight is 190 g/mol. The summed E-state index contributed by atoms with van der Waals surface area (Å²) in [5, 5.41) is 0. The Morgan fingerprint density at radius 1 is 0.929 bits per heavy atom. The number of rotatable bonds is 4. The molecule has 0 aliphatic carbocycles. The van der Waals surface area contributed by atoms with E-state index in [9.17, 15) is 0 Å². The van der Waals surface area contributed by atoms with E-state index in [-0.39, 0.29) is 0 Å². The van der Waals surface area contributed by atoms with Crippen LogP contribution in [-0.4, -0.2) is 0 Å². The SMILES string of the molecule is C/C=C(C)/C=C(C)\C=C(C)/C=C\CC. The molecule has 0 aromatic heterocycles. The fourth-order valence-electron chi connectivity index (χ4n) is 1.20. The number of hydrogen-bond acceptors (Lipinski definition) is 0. The first-order valence-corrected chi connectivity index (χ1v) is 5.26. The molecule has 0 atom stereocenters. The maximum Gasteiger partial charge on any atom is -0.0376 e. The molecule has 0 aliphatic rings. The maximum atomic E-state index is 2.21. The van der Waals surface area contributed by atoms with Gasteiger partial charge in [0, 0.05) is 0 Å². The van der Waals surface area contributed by atoms with Gasteiger partial charge in [-0.3, -0.25) is 0 Å². The van der Waals surface area contributed by atoms with Crippen molar-refractivity contribution < 1.29 is 0 Å². The number of hydrogen-bond donors (Lipinski definition) is 0. The lowest BCUT2D eigenvalue weighted by Crippen LogP contribution is -1.75. The summed E-state index contributed by atoms with van der Waals surface area (Å²) in [6.07, 6.45) is 12.0. The van der Waals surface area contributed by atoms with Crippen LogP contribution in [-0.2, 0) is 0 Å². The average Bonchev–Trinajstić information content (AvgIpc) is 2.14. The van der Waals surface area contributed by atoms with Gasteiger partial charge in [-0.05, 0) is 34.1 Å². The zero-order chi connectivity index (χ0) is 11.0. The van der Waals surface area contributed by atoms with Gasteiger partial charge in [0.25, 0.3) is 0 Å². The fourth-order valence-corrected chi connectivity index (χ4v) is 1.20. The van der Waals surface area contributed by atoms with Crippen LogP contribution in [0.3, 0.4) is 0 Å². The van der Waals surface area contributed by atoms with Crippen molar-refractivity contribution in [3.05, 3.63) is 47.1 Å². The van der Waals surface area contributed by atoms with Crippen LogP contribution < -0.4 is 0 Å². The van der Waals surface area contributed by atoms with Crippen LogP contribution in [0.4, 0.5) is 0 Å². The number of allylic oxidation sites excluding steroid dienone is 8. The van der Waals surface area contributed by atoms with Crippen LogP contribution in [0.1, 0.15) is 41.0 Å². The third-order valence-electron chi connectivity index (χ3n) is 1.98. The molecule has 0 unspecified atom stereocenters. The van der Waals surface area contributed by atoms with Gasteiger partial charge in [0.2, 0.25) is 0 Å². The van der Waals surface area contributed by atoms with Crippen LogP contribution in [0, 0.1) is 0 Å². The highest BCUT2D eigenvalue weighted by atomic mass is 13.9. The Balaban J connectivity index is 4.49. The second-order valence-corrected chi connectivity index (χ2v) is 3.62. The predicted molar refractivity (Wildman–Crippen MR) is 66.4 cm³/mol. The lowest BCUT2D eigenvalue weighted by Gasteiger charge is -1.96. The summed E-state index contributed by atoms with van der Waals surface area (Å²) >= 11 is 0. The normalized spacial score (nSPS) is 15.4. The molecule has 78 valence electrons. The largest absolute Gasteiger partial charge is 0.0847 e. The lowest BCUT2D eigenvalue weighted by molar-refractivity contribution is 1.22. The third-order valence-corrected chi connectivity index (χ3v) is 1.98. The van der Waals surface area contributed by atoms with Crippen molar-refractivity contribution >= 4 is 0 Å². The lowest BCUT2D eigenvalue weighted by atomic mass is 10.1. The minimum atomic E-state index is 1.10. The molecule has 0 aromatic rings. The summed E-state index contributed by atoms with van der Waals surface area (Å²) in [6.45, 7) is 10.6. The molecule has 0 aliphatic heterocycles. The van der Waals surface area contributed by atoms with Crippen molar-refractivity contribution in [2.75, 3.05) is 0 Å². The van der Waals surface area contributed by atoms with E-state index < -0.39 is 0 Å². The molecular weight excluding hydrogens is 168 g/mol.